The molecule has 2 aromatic rings. The number of anilines is 2. The Morgan fingerprint density at radius 1 is 1.25 bits per heavy atom. The van der Waals surface area contributed by atoms with Crippen molar-refractivity contribution in [1.82, 2.24) is 20.4 Å². The van der Waals surface area contributed by atoms with Crippen LogP contribution in [0.5, 0.6) is 0 Å². The van der Waals surface area contributed by atoms with Gasteiger partial charge in [-0.2, -0.15) is 28.8 Å². The van der Waals surface area contributed by atoms with E-state index in [-0.39, 0.29) is 27.8 Å². The van der Waals surface area contributed by atoms with Crippen LogP contribution in [0.25, 0.3) is 0 Å². The number of nitrogens with two attached hydrogens (primary N) is 1. The molecular formula is C9H8ClN6O3S. The van der Waals surface area contributed by atoms with Crippen molar-refractivity contribution in [3.63, 3.8) is 0 Å². The number of hydrogen-bond acceptors (Lipinski definition) is 7. The number of nitrogens with zero attached hydrogens (tertiary/aromatic N) is 4. The summed E-state index contributed by atoms with van der Waals surface area (Å²) in [5.41, 5.74) is 11.5. The summed E-state index contributed by atoms with van der Waals surface area (Å²) in [5.74, 6) is -0.182. The minimum Gasteiger partial charge on any atom is -0.368 e. The second-order valence-corrected chi connectivity index (χ2v) is 5.18. The molecule has 2 rings (SSSR count). The van der Waals surface area contributed by atoms with Crippen molar-refractivity contribution in [2.24, 2.45) is 0 Å². The van der Waals surface area contributed by atoms with E-state index in [0.29, 0.717) is 0 Å². The molecule has 20 heavy (non-hydrogen) atoms. The molecule has 1 aromatic carbocycles. The Hall–Kier alpha value is -2.17. The van der Waals surface area contributed by atoms with Crippen molar-refractivity contribution >= 4 is 39.3 Å². The van der Waals surface area contributed by atoms with Gasteiger partial charge in [0.05, 0.1) is 0 Å². The van der Waals surface area contributed by atoms with Crippen LogP contribution in [0.15, 0.2) is 29.2 Å². The average Bonchev–Trinajstić information content (AvgIpc) is 2.34. The molecule has 9 nitrogen and oxygen atoms in total. The van der Waals surface area contributed by atoms with Crippen molar-refractivity contribution in [1.29, 1.82) is 0 Å². The van der Waals surface area contributed by atoms with E-state index >= 15 is 0 Å². The van der Waals surface area contributed by atoms with Gasteiger partial charge in [-0.1, -0.05) is 12.1 Å². The Morgan fingerprint density at radius 2 is 1.95 bits per heavy atom. The lowest BCUT2D eigenvalue weighted by Crippen LogP contribution is -2.14. The number of para-hydroxylation sites is 1. The van der Waals surface area contributed by atoms with Gasteiger partial charge in [-0.15, -0.1) is 0 Å². The van der Waals surface area contributed by atoms with E-state index < -0.39 is 10.1 Å². The van der Waals surface area contributed by atoms with Gasteiger partial charge < -0.3 is 5.73 Å². The first kappa shape index (κ1) is 14.2. The quantitative estimate of drug-likeness (QED) is 0.549. The molecule has 11 heteroatoms. The number of hydrogen-bond donors (Lipinski definition) is 3. The van der Waals surface area contributed by atoms with Crippen molar-refractivity contribution in [2.45, 2.75) is 4.90 Å². The van der Waals surface area contributed by atoms with Crippen LogP contribution in [0.3, 0.4) is 0 Å². The first-order valence-corrected chi connectivity index (χ1v) is 6.88. The van der Waals surface area contributed by atoms with Crippen LogP contribution < -0.4 is 16.6 Å². The highest BCUT2D eigenvalue weighted by Gasteiger charge is 2.16. The third-order valence-corrected chi connectivity index (χ3v) is 3.11. The van der Waals surface area contributed by atoms with E-state index in [1.165, 1.54) is 18.2 Å². The monoisotopic (exact) mass is 315 g/mol. The lowest BCUT2D eigenvalue weighted by atomic mass is 10.3. The Labute approximate surface area is 118 Å². The van der Waals surface area contributed by atoms with E-state index in [1.54, 1.807) is 6.07 Å². The van der Waals surface area contributed by atoms with Gasteiger partial charge in [0.1, 0.15) is 10.6 Å². The predicted octanol–water partition coefficient (Wildman–Crippen LogP) is 0.617. The first-order valence-electron chi connectivity index (χ1n) is 5.06. The number of aromatic nitrogens is 3. The summed E-state index contributed by atoms with van der Waals surface area (Å²) in [6.45, 7) is 0. The number of nitrogens with one attached hydrogen (secondary N) is 1. The summed E-state index contributed by atoms with van der Waals surface area (Å²) in [6, 6.07) is 5.57. The van der Waals surface area contributed by atoms with Gasteiger partial charge in [0.25, 0.3) is 10.1 Å². The molecule has 0 fully saturated rings. The molecule has 0 aliphatic rings. The molecule has 0 atom stereocenters. The van der Waals surface area contributed by atoms with Gasteiger partial charge in [-0.05, 0) is 23.7 Å². The minimum atomic E-state index is -4.39. The summed E-state index contributed by atoms with van der Waals surface area (Å²) < 4.78 is 31.4. The van der Waals surface area contributed by atoms with Gasteiger partial charge in [-0.3, -0.25) is 4.55 Å². The second kappa shape index (κ2) is 5.45. The molecule has 1 heterocycles. The largest absolute Gasteiger partial charge is 0.368 e. The molecule has 1 aromatic heterocycles. The number of nitrogen functional groups attached to an aromatic ring is 1. The molecule has 0 aliphatic heterocycles. The van der Waals surface area contributed by atoms with Crippen LogP contribution in [0.1, 0.15) is 0 Å². The van der Waals surface area contributed by atoms with Crippen LogP contribution >= 0.6 is 11.6 Å². The number of halogens is 1. The zero-order chi connectivity index (χ0) is 14.8. The van der Waals surface area contributed by atoms with Crippen LogP contribution in [0.4, 0.5) is 17.6 Å². The molecule has 0 aliphatic carbocycles. The summed E-state index contributed by atoms with van der Waals surface area (Å²) in [7, 11) is -4.39. The van der Waals surface area contributed by atoms with E-state index in [0.717, 1.165) is 0 Å². The SMILES string of the molecule is Nc1nc(Cl)nc(N[N]c2ccccc2S(=O)(=O)O)n1. The highest BCUT2D eigenvalue weighted by atomic mass is 35.5. The molecule has 1 radical (unpaired) electrons. The summed E-state index contributed by atoms with van der Waals surface area (Å²) in [6.07, 6.45) is 0. The molecule has 4 N–H and O–H groups in total. The molecule has 0 saturated carbocycles. The van der Waals surface area contributed by atoms with Crippen LogP contribution in [0.2, 0.25) is 5.28 Å². The highest BCUT2D eigenvalue weighted by molar-refractivity contribution is 7.86. The average molecular weight is 316 g/mol. The molecule has 0 spiro atoms. The summed E-state index contributed by atoms with van der Waals surface area (Å²) in [5, 5.41) is -0.140. The summed E-state index contributed by atoms with van der Waals surface area (Å²) in [4.78, 5) is 10.6. The van der Waals surface area contributed by atoms with Gasteiger partial charge in [0.2, 0.25) is 17.2 Å². The van der Waals surface area contributed by atoms with E-state index in [9.17, 15) is 8.42 Å². The summed E-state index contributed by atoms with van der Waals surface area (Å²) >= 11 is 5.58. The third kappa shape index (κ3) is 3.44. The number of rotatable bonds is 4. The normalized spacial score (nSPS) is 11.1. The highest BCUT2D eigenvalue weighted by Crippen LogP contribution is 2.20. The molecule has 0 unspecified atom stereocenters. The fourth-order valence-corrected chi connectivity index (χ4v) is 2.09. The van der Waals surface area contributed by atoms with Crippen LogP contribution in [-0.2, 0) is 10.1 Å². The third-order valence-electron chi connectivity index (χ3n) is 2.04. The zero-order valence-electron chi connectivity index (χ0n) is 9.73. The molecule has 105 valence electrons. The molecule has 0 saturated heterocycles. The van der Waals surface area contributed by atoms with Crippen molar-refractivity contribution in [2.75, 3.05) is 11.2 Å². The zero-order valence-corrected chi connectivity index (χ0v) is 11.3. The van der Waals surface area contributed by atoms with Crippen LogP contribution in [-0.4, -0.2) is 27.9 Å². The van der Waals surface area contributed by atoms with E-state index in [2.05, 4.69) is 25.8 Å². The Bertz CT molecular complexity index is 718. The fourth-order valence-electron chi connectivity index (χ4n) is 1.29. The van der Waals surface area contributed by atoms with Gasteiger partial charge in [-0.25, -0.2) is 5.43 Å². The Morgan fingerprint density at radius 3 is 2.60 bits per heavy atom. The lowest BCUT2D eigenvalue weighted by molar-refractivity contribution is 0.483. The topological polar surface area (TPSA) is 145 Å². The predicted molar refractivity (Wildman–Crippen MR) is 70.9 cm³/mol. The smallest absolute Gasteiger partial charge is 0.296 e. The van der Waals surface area contributed by atoms with Gasteiger partial charge in [0.15, 0.2) is 0 Å². The number of benzene rings is 1. The Kier molecular flexibility index (Phi) is 3.88. The van der Waals surface area contributed by atoms with Crippen molar-refractivity contribution in [3.8, 4) is 0 Å². The minimum absolute atomic E-state index is 0.0230. The van der Waals surface area contributed by atoms with E-state index in [1.807, 2.05) is 0 Å². The molecular weight excluding hydrogens is 308 g/mol. The standard InChI is InChI=1S/C9H8ClN6O3S/c10-7-12-8(11)14-9(13-7)16-15-5-3-1-2-4-6(5)20(17,18)19/h1-4H,(H,17,18,19)(H3,11,12,13,14,16). The first-order chi connectivity index (χ1) is 9.36. The van der Waals surface area contributed by atoms with Gasteiger partial charge in [0, 0.05) is 0 Å². The maximum atomic E-state index is 11.2. The Balaban J connectivity index is 2.23. The van der Waals surface area contributed by atoms with E-state index in [4.69, 9.17) is 21.9 Å². The second-order valence-electron chi connectivity index (χ2n) is 3.45. The molecule has 0 bridgehead atoms. The fraction of sp³-hybridized carbons (Fsp3) is 0. The lowest BCUT2D eigenvalue weighted by Gasteiger charge is -2.08. The maximum Gasteiger partial charge on any atom is 0.296 e. The van der Waals surface area contributed by atoms with Gasteiger partial charge >= 0.3 is 0 Å². The van der Waals surface area contributed by atoms with Crippen LogP contribution in [0, 0.1) is 0 Å². The molecule has 0 amide bonds. The van der Waals surface area contributed by atoms with Crippen molar-refractivity contribution < 1.29 is 13.0 Å². The van der Waals surface area contributed by atoms with Crippen molar-refractivity contribution in [3.05, 3.63) is 29.5 Å². The maximum absolute atomic E-state index is 11.2.